The van der Waals surface area contributed by atoms with Gasteiger partial charge in [0.2, 0.25) is 0 Å². The van der Waals surface area contributed by atoms with Crippen LogP contribution in [0.5, 0.6) is 11.5 Å². The summed E-state index contributed by atoms with van der Waals surface area (Å²) in [6.45, 7) is 4.17. The molecule has 2 aromatic rings. The standard InChI is InChI=1S/C20H21NO5/c1-14-3-6-16(7-4-14)25-13-20(23)26-12-19(22)21-9-10-24-18-8-5-15(2)11-17(18)21/h3-8,11H,9-10,12-13H2,1-2H3. The number of amides is 1. The summed E-state index contributed by atoms with van der Waals surface area (Å²) in [5.41, 5.74) is 2.83. The molecule has 0 bridgehead atoms. The molecular weight excluding hydrogens is 334 g/mol. The van der Waals surface area contributed by atoms with Gasteiger partial charge in [0, 0.05) is 0 Å². The Balaban J connectivity index is 1.52. The molecule has 1 aliphatic heterocycles. The Morgan fingerprint density at radius 1 is 1.04 bits per heavy atom. The minimum Gasteiger partial charge on any atom is -0.490 e. The number of fused-ring (bicyclic) bond motifs is 1. The van der Waals surface area contributed by atoms with Gasteiger partial charge >= 0.3 is 5.97 Å². The van der Waals surface area contributed by atoms with Gasteiger partial charge in [-0.2, -0.15) is 0 Å². The lowest BCUT2D eigenvalue weighted by atomic mass is 10.1. The predicted octanol–water partition coefficient (Wildman–Crippen LogP) is 2.65. The van der Waals surface area contributed by atoms with Crippen molar-refractivity contribution in [3.8, 4) is 11.5 Å². The second kappa shape index (κ2) is 7.91. The van der Waals surface area contributed by atoms with Crippen molar-refractivity contribution >= 4 is 17.6 Å². The minimum absolute atomic E-state index is 0.241. The lowest BCUT2D eigenvalue weighted by Crippen LogP contribution is -2.40. The van der Waals surface area contributed by atoms with Crippen LogP contribution in [-0.2, 0) is 14.3 Å². The number of esters is 1. The summed E-state index contributed by atoms with van der Waals surface area (Å²) in [4.78, 5) is 25.9. The van der Waals surface area contributed by atoms with Crippen molar-refractivity contribution < 1.29 is 23.8 Å². The van der Waals surface area contributed by atoms with Crippen molar-refractivity contribution in [1.29, 1.82) is 0 Å². The number of anilines is 1. The van der Waals surface area contributed by atoms with Gasteiger partial charge in [-0.25, -0.2) is 4.79 Å². The summed E-state index contributed by atoms with van der Waals surface area (Å²) in [6.07, 6.45) is 0. The first-order chi connectivity index (χ1) is 12.5. The number of carbonyl (C=O) groups excluding carboxylic acids is 2. The maximum Gasteiger partial charge on any atom is 0.344 e. The molecule has 0 aromatic heterocycles. The van der Waals surface area contributed by atoms with Crippen LogP contribution >= 0.6 is 0 Å². The van der Waals surface area contributed by atoms with Crippen LogP contribution in [0, 0.1) is 13.8 Å². The normalized spacial score (nSPS) is 12.8. The topological polar surface area (TPSA) is 65.1 Å². The number of aryl methyl sites for hydroxylation is 2. The van der Waals surface area contributed by atoms with Crippen molar-refractivity contribution in [3.05, 3.63) is 53.6 Å². The van der Waals surface area contributed by atoms with Gasteiger partial charge < -0.3 is 19.1 Å². The number of rotatable bonds is 5. The Kier molecular flexibility index (Phi) is 5.41. The number of benzene rings is 2. The Bertz CT molecular complexity index is 800. The number of hydrogen-bond donors (Lipinski definition) is 0. The zero-order valence-corrected chi connectivity index (χ0v) is 14.9. The first kappa shape index (κ1) is 17.8. The molecule has 6 nitrogen and oxygen atoms in total. The maximum absolute atomic E-state index is 12.4. The summed E-state index contributed by atoms with van der Waals surface area (Å²) >= 11 is 0. The molecule has 0 saturated carbocycles. The molecule has 0 saturated heterocycles. The Morgan fingerprint density at radius 2 is 1.77 bits per heavy atom. The van der Waals surface area contributed by atoms with E-state index in [4.69, 9.17) is 14.2 Å². The first-order valence-electron chi connectivity index (χ1n) is 8.42. The monoisotopic (exact) mass is 355 g/mol. The highest BCUT2D eigenvalue weighted by Gasteiger charge is 2.24. The van der Waals surface area contributed by atoms with Gasteiger partial charge in [0.05, 0.1) is 12.2 Å². The predicted molar refractivity (Wildman–Crippen MR) is 96.7 cm³/mol. The van der Waals surface area contributed by atoms with Crippen molar-refractivity contribution in [2.24, 2.45) is 0 Å². The van der Waals surface area contributed by atoms with E-state index < -0.39 is 5.97 Å². The van der Waals surface area contributed by atoms with E-state index in [1.165, 1.54) is 0 Å². The van der Waals surface area contributed by atoms with Crippen LogP contribution in [0.25, 0.3) is 0 Å². The zero-order chi connectivity index (χ0) is 18.5. The van der Waals surface area contributed by atoms with Crippen molar-refractivity contribution in [1.82, 2.24) is 0 Å². The second-order valence-electron chi connectivity index (χ2n) is 6.13. The van der Waals surface area contributed by atoms with Gasteiger partial charge in [-0.15, -0.1) is 0 Å². The fourth-order valence-electron chi connectivity index (χ4n) is 2.63. The molecule has 0 atom stereocenters. The van der Waals surface area contributed by atoms with Crippen LogP contribution in [0.15, 0.2) is 42.5 Å². The molecule has 1 aliphatic rings. The highest BCUT2D eigenvalue weighted by Crippen LogP contribution is 2.32. The van der Waals surface area contributed by atoms with Crippen LogP contribution < -0.4 is 14.4 Å². The molecule has 3 rings (SSSR count). The van der Waals surface area contributed by atoms with Crippen LogP contribution in [0.2, 0.25) is 0 Å². The molecule has 6 heteroatoms. The molecule has 136 valence electrons. The molecule has 26 heavy (non-hydrogen) atoms. The molecule has 0 spiro atoms. The fraction of sp³-hybridized carbons (Fsp3) is 0.300. The molecule has 0 radical (unpaired) electrons. The molecule has 1 heterocycles. The molecule has 0 unspecified atom stereocenters. The van der Waals surface area contributed by atoms with E-state index in [0.717, 1.165) is 11.1 Å². The number of hydrogen-bond acceptors (Lipinski definition) is 5. The highest BCUT2D eigenvalue weighted by atomic mass is 16.6. The van der Waals surface area contributed by atoms with Crippen LogP contribution in [-0.4, -0.2) is 38.2 Å². The Morgan fingerprint density at radius 3 is 2.54 bits per heavy atom. The van der Waals surface area contributed by atoms with E-state index in [1.807, 2.05) is 44.2 Å². The third-order valence-corrected chi connectivity index (χ3v) is 4.01. The van der Waals surface area contributed by atoms with Crippen LogP contribution in [0.4, 0.5) is 5.69 Å². The number of ether oxygens (including phenoxy) is 3. The van der Waals surface area contributed by atoms with Gasteiger partial charge in [-0.05, 0) is 43.7 Å². The van der Waals surface area contributed by atoms with E-state index in [1.54, 1.807) is 17.0 Å². The van der Waals surface area contributed by atoms with Crippen LogP contribution in [0.3, 0.4) is 0 Å². The van der Waals surface area contributed by atoms with Gasteiger partial charge in [-0.3, -0.25) is 4.79 Å². The van der Waals surface area contributed by atoms with Crippen molar-refractivity contribution in [3.63, 3.8) is 0 Å². The van der Waals surface area contributed by atoms with E-state index in [-0.39, 0.29) is 19.1 Å². The van der Waals surface area contributed by atoms with E-state index in [9.17, 15) is 9.59 Å². The smallest absolute Gasteiger partial charge is 0.344 e. The quantitative estimate of drug-likeness (QED) is 0.772. The van der Waals surface area contributed by atoms with Gasteiger partial charge in [0.1, 0.15) is 18.1 Å². The van der Waals surface area contributed by atoms with Crippen molar-refractivity contribution in [2.45, 2.75) is 13.8 Å². The highest BCUT2D eigenvalue weighted by molar-refractivity contribution is 5.97. The third kappa shape index (κ3) is 4.33. The van der Waals surface area contributed by atoms with E-state index >= 15 is 0 Å². The van der Waals surface area contributed by atoms with Crippen LogP contribution in [0.1, 0.15) is 11.1 Å². The molecule has 1 amide bonds. The first-order valence-corrected chi connectivity index (χ1v) is 8.42. The SMILES string of the molecule is Cc1ccc(OCC(=O)OCC(=O)N2CCOc3ccc(C)cc32)cc1. The largest absolute Gasteiger partial charge is 0.490 e. The molecule has 0 aliphatic carbocycles. The second-order valence-corrected chi connectivity index (χ2v) is 6.13. The summed E-state index contributed by atoms with van der Waals surface area (Å²) < 4.78 is 16.0. The summed E-state index contributed by atoms with van der Waals surface area (Å²) in [7, 11) is 0. The minimum atomic E-state index is -0.586. The summed E-state index contributed by atoms with van der Waals surface area (Å²) in [5.74, 6) is 0.362. The van der Waals surface area contributed by atoms with Gasteiger partial charge in [0.15, 0.2) is 13.2 Å². The average molecular weight is 355 g/mol. The third-order valence-electron chi connectivity index (χ3n) is 4.01. The van der Waals surface area contributed by atoms with Gasteiger partial charge in [-0.1, -0.05) is 23.8 Å². The maximum atomic E-state index is 12.4. The molecule has 0 N–H and O–H groups in total. The molecule has 2 aromatic carbocycles. The summed E-state index contributed by atoms with van der Waals surface area (Å²) in [5, 5.41) is 0. The Hall–Kier alpha value is -3.02. The zero-order valence-electron chi connectivity index (χ0n) is 14.9. The van der Waals surface area contributed by atoms with E-state index in [0.29, 0.717) is 30.3 Å². The summed E-state index contributed by atoms with van der Waals surface area (Å²) in [6, 6.07) is 13.0. The molecule has 0 fully saturated rings. The lowest BCUT2D eigenvalue weighted by Gasteiger charge is -2.29. The number of carbonyl (C=O) groups is 2. The lowest BCUT2D eigenvalue weighted by molar-refractivity contribution is -0.149. The molecular formula is C20H21NO5. The van der Waals surface area contributed by atoms with E-state index in [2.05, 4.69) is 0 Å². The fourth-order valence-corrected chi connectivity index (χ4v) is 2.63. The van der Waals surface area contributed by atoms with Gasteiger partial charge in [0.25, 0.3) is 5.91 Å². The van der Waals surface area contributed by atoms with Crippen molar-refractivity contribution in [2.75, 3.05) is 31.3 Å². The average Bonchev–Trinajstić information content (AvgIpc) is 2.65. The Labute approximate surface area is 152 Å². The number of nitrogens with zero attached hydrogens (tertiary/aromatic N) is 1.